The van der Waals surface area contributed by atoms with E-state index in [0.29, 0.717) is 19.6 Å². The highest BCUT2D eigenvalue weighted by molar-refractivity contribution is 6.32. The molecule has 8 heteroatoms. The monoisotopic (exact) mass is 284 g/mol. The Hall–Kier alpha value is -1.73. The van der Waals surface area contributed by atoms with Crippen LogP contribution in [0.5, 0.6) is 0 Å². The number of hydrogen-bond acceptors (Lipinski definition) is 5. The molecule has 1 aliphatic rings. The van der Waals surface area contributed by atoms with E-state index >= 15 is 0 Å². The topological polar surface area (TPSA) is 88.4 Å². The molecule has 0 spiro atoms. The Morgan fingerprint density at radius 3 is 3.05 bits per heavy atom. The molecule has 0 bridgehead atoms. The molecule has 1 saturated heterocycles. The Morgan fingerprint density at radius 2 is 2.42 bits per heavy atom. The first-order chi connectivity index (χ1) is 8.99. The molecule has 2 rings (SSSR count). The zero-order valence-electron chi connectivity index (χ0n) is 10.3. The summed E-state index contributed by atoms with van der Waals surface area (Å²) in [5.74, 6) is -0.324. The lowest BCUT2D eigenvalue weighted by molar-refractivity contribution is -0.385. The highest BCUT2D eigenvalue weighted by Gasteiger charge is 2.25. The van der Waals surface area contributed by atoms with E-state index in [-0.39, 0.29) is 28.4 Å². The fourth-order valence-electron chi connectivity index (χ4n) is 1.97. The molecule has 7 nitrogen and oxygen atoms in total. The van der Waals surface area contributed by atoms with E-state index in [9.17, 15) is 14.9 Å². The van der Waals surface area contributed by atoms with E-state index in [4.69, 9.17) is 11.6 Å². The Balaban J connectivity index is 2.27. The molecule has 1 aliphatic heterocycles. The van der Waals surface area contributed by atoms with Crippen molar-refractivity contribution in [3.8, 4) is 0 Å². The van der Waals surface area contributed by atoms with E-state index in [1.165, 1.54) is 6.07 Å². The van der Waals surface area contributed by atoms with Crippen molar-refractivity contribution in [3.05, 3.63) is 33.1 Å². The Morgan fingerprint density at radius 1 is 1.68 bits per heavy atom. The molecule has 0 unspecified atom stereocenters. The summed E-state index contributed by atoms with van der Waals surface area (Å²) in [6.45, 7) is 3.74. The molecule has 0 aromatic carbocycles. The quantitative estimate of drug-likeness (QED) is 0.499. The summed E-state index contributed by atoms with van der Waals surface area (Å²) in [5, 5.41) is 13.9. The van der Waals surface area contributed by atoms with E-state index in [0.717, 1.165) is 6.20 Å². The lowest BCUT2D eigenvalue weighted by Crippen LogP contribution is -2.51. The first-order valence-corrected chi connectivity index (χ1v) is 6.19. The van der Waals surface area contributed by atoms with Crippen LogP contribution in [0.25, 0.3) is 0 Å². The van der Waals surface area contributed by atoms with Gasteiger partial charge in [-0.1, -0.05) is 11.6 Å². The van der Waals surface area contributed by atoms with Gasteiger partial charge in [-0.05, 0) is 6.92 Å². The minimum absolute atomic E-state index is 0.0122. The lowest BCUT2D eigenvalue weighted by atomic mass is 10.2. The number of aromatic nitrogens is 1. The number of amides is 1. The second-order valence-electron chi connectivity index (χ2n) is 4.40. The van der Waals surface area contributed by atoms with Crippen LogP contribution in [0.1, 0.15) is 17.3 Å². The van der Waals surface area contributed by atoms with Crippen LogP contribution in [0.3, 0.4) is 0 Å². The van der Waals surface area contributed by atoms with Gasteiger partial charge >= 0.3 is 0 Å². The van der Waals surface area contributed by atoms with Crippen molar-refractivity contribution in [3.63, 3.8) is 0 Å². The number of carbonyl (C=O) groups is 1. The molecule has 1 atom stereocenters. The summed E-state index contributed by atoms with van der Waals surface area (Å²) in [6.07, 6.45) is 1.04. The van der Waals surface area contributed by atoms with Crippen molar-refractivity contribution in [1.29, 1.82) is 0 Å². The number of carbonyl (C=O) groups excluding carboxylic acids is 1. The normalized spacial score (nSPS) is 19.3. The van der Waals surface area contributed by atoms with Crippen LogP contribution in [-0.4, -0.2) is 46.4 Å². The van der Waals surface area contributed by atoms with Gasteiger partial charge in [0.25, 0.3) is 11.6 Å². The SMILES string of the molecule is C[C@@H]1CN(C(=O)c2cc([N+](=O)[O-])cnc2Cl)CCN1. The molecule has 102 valence electrons. The number of nitro groups is 1. The van der Waals surface area contributed by atoms with Crippen molar-refractivity contribution in [2.75, 3.05) is 19.6 Å². The maximum absolute atomic E-state index is 12.3. The van der Waals surface area contributed by atoms with Gasteiger partial charge in [0.15, 0.2) is 0 Å². The standard InChI is InChI=1S/C11H13ClN4O3/c1-7-6-15(3-2-13-7)11(17)9-4-8(16(18)19)5-14-10(9)12/h4-5,7,13H,2-3,6H2,1H3/t7-/m1/s1. The first-order valence-electron chi connectivity index (χ1n) is 5.81. The fourth-order valence-corrected chi connectivity index (χ4v) is 2.16. The van der Waals surface area contributed by atoms with E-state index < -0.39 is 4.92 Å². The molecule has 1 aromatic heterocycles. The van der Waals surface area contributed by atoms with Gasteiger partial charge in [0.2, 0.25) is 0 Å². The third-order valence-electron chi connectivity index (χ3n) is 2.92. The third-order valence-corrected chi connectivity index (χ3v) is 3.22. The molecule has 19 heavy (non-hydrogen) atoms. The molecule has 1 N–H and O–H groups in total. The average molecular weight is 285 g/mol. The van der Waals surface area contributed by atoms with E-state index in [1.807, 2.05) is 6.92 Å². The van der Waals surface area contributed by atoms with Gasteiger partial charge in [-0.3, -0.25) is 14.9 Å². The number of rotatable bonds is 2. The first kappa shape index (κ1) is 13.7. The second-order valence-corrected chi connectivity index (χ2v) is 4.75. The van der Waals surface area contributed by atoms with Gasteiger partial charge in [-0.15, -0.1) is 0 Å². The lowest BCUT2D eigenvalue weighted by Gasteiger charge is -2.31. The summed E-state index contributed by atoms with van der Waals surface area (Å²) < 4.78 is 0. The Bertz CT molecular complexity index is 523. The Kier molecular flexibility index (Phi) is 3.96. The third kappa shape index (κ3) is 2.99. The summed E-state index contributed by atoms with van der Waals surface area (Å²) in [5.41, 5.74) is -0.166. The van der Waals surface area contributed by atoms with Gasteiger partial charge in [-0.25, -0.2) is 4.98 Å². The predicted octanol–water partition coefficient (Wildman–Crippen LogP) is 1.08. The minimum atomic E-state index is -0.597. The summed E-state index contributed by atoms with van der Waals surface area (Å²) in [4.78, 5) is 27.7. The van der Waals surface area contributed by atoms with Crippen LogP contribution in [-0.2, 0) is 0 Å². The van der Waals surface area contributed by atoms with Crippen molar-refractivity contribution < 1.29 is 9.72 Å². The predicted molar refractivity (Wildman–Crippen MR) is 69.3 cm³/mol. The highest BCUT2D eigenvalue weighted by Crippen LogP contribution is 2.21. The van der Waals surface area contributed by atoms with Crippen LogP contribution in [0, 0.1) is 10.1 Å². The minimum Gasteiger partial charge on any atom is -0.336 e. The summed E-state index contributed by atoms with van der Waals surface area (Å²) in [6, 6.07) is 1.35. The molecule has 1 aromatic rings. The van der Waals surface area contributed by atoms with Gasteiger partial charge in [0.05, 0.1) is 10.5 Å². The number of hydrogen-bond donors (Lipinski definition) is 1. The van der Waals surface area contributed by atoms with Gasteiger partial charge in [-0.2, -0.15) is 0 Å². The fraction of sp³-hybridized carbons (Fsp3) is 0.455. The van der Waals surface area contributed by atoms with Crippen LogP contribution in [0.2, 0.25) is 5.15 Å². The number of nitrogens with zero attached hydrogens (tertiary/aromatic N) is 3. The molecule has 0 aliphatic carbocycles. The summed E-state index contributed by atoms with van der Waals surface area (Å²) >= 11 is 5.85. The number of nitrogens with one attached hydrogen (secondary N) is 1. The highest BCUT2D eigenvalue weighted by atomic mass is 35.5. The molecule has 0 saturated carbocycles. The summed E-state index contributed by atoms with van der Waals surface area (Å²) in [7, 11) is 0. The van der Waals surface area contributed by atoms with Gasteiger partial charge < -0.3 is 10.2 Å². The number of halogens is 1. The average Bonchev–Trinajstić information content (AvgIpc) is 2.38. The van der Waals surface area contributed by atoms with E-state index in [1.54, 1.807) is 4.90 Å². The van der Waals surface area contributed by atoms with Crippen molar-refractivity contribution in [2.24, 2.45) is 0 Å². The van der Waals surface area contributed by atoms with Crippen LogP contribution >= 0.6 is 11.6 Å². The van der Waals surface area contributed by atoms with Crippen molar-refractivity contribution in [1.82, 2.24) is 15.2 Å². The molecular formula is C11H13ClN4O3. The van der Waals surface area contributed by atoms with Gasteiger partial charge in [0.1, 0.15) is 11.3 Å². The molecular weight excluding hydrogens is 272 g/mol. The maximum Gasteiger partial charge on any atom is 0.288 e. The second kappa shape index (κ2) is 5.50. The molecule has 1 fully saturated rings. The van der Waals surface area contributed by atoms with Crippen molar-refractivity contribution in [2.45, 2.75) is 13.0 Å². The molecule has 0 radical (unpaired) electrons. The largest absolute Gasteiger partial charge is 0.336 e. The van der Waals surface area contributed by atoms with Crippen LogP contribution in [0.4, 0.5) is 5.69 Å². The van der Waals surface area contributed by atoms with Crippen molar-refractivity contribution >= 4 is 23.2 Å². The molecule has 2 heterocycles. The van der Waals surface area contributed by atoms with E-state index in [2.05, 4.69) is 10.3 Å². The zero-order valence-corrected chi connectivity index (χ0v) is 11.1. The van der Waals surface area contributed by atoms with Gasteiger partial charge in [0, 0.05) is 31.7 Å². The number of pyridine rings is 1. The zero-order chi connectivity index (χ0) is 14.0. The van der Waals surface area contributed by atoms with Crippen LogP contribution < -0.4 is 5.32 Å². The Labute approximate surface area is 114 Å². The van der Waals surface area contributed by atoms with Crippen LogP contribution in [0.15, 0.2) is 12.3 Å². The maximum atomic E-state index is 12.3. The number of piperazine rings is 1. The molecule has 1 amide bonds. The smallest absolute Gasteiger partial charge is 0.288 e.